The van der Waals surface area contributed by atoms with Gasteiger partial charge in [-0.15, -0.1) is 0 Å². The maximum absolute atomic E-state index is 12.2. The standard InChI is InChI=1S/C14H6Cl4O2/c15-9-6-8(10(16)12(18)11(9)17)14(20)13(19)7-4-2-1-3-5-7/h1-6H. The van der Waals surface area contributed by atoms with Crippen molar-refractivity contribution in [3.63, 3.8) is 0 Å². The summed E-state index contributed by atoms with van der Waals surface area (Å²) in [5, 5.41) is -0.0345. The van der Waals surface area contributed by atoms with E-state index >= 15 is 0 Å². The van der Waals surface area contributed by atoms with Crippen molar-refractivity contribution < 1.29 is 9.59 Å². The maximum Gasteiger partial charge on any atom is 0.235 e. The van der Waals surface area contributed by atoms with E-state index < -0.39 is 11.6 Å². The summed E-state index contributed by atoms with van der Waals surface area (Å²) in [6.07, 6.45) is 0. The Labute approximate surface area is 135 Å². The van der Waals surface area contributed by atoms with Gasteiger partial charge in [0.2, 0.25) is 11.6 Å². The molecule has 0 bridgehead atoms. The van der Waals surface area contributed by atoms with Gasteiger partial charge in [0.05, 0.1) is 20.1 Å². The Morgan fingerprint density at radius 2 is 1.35 bits per heavy atom. The van der Waals surface area contributed by atoms with Crippen LogP contribution in [0.25, 0.3) is 0 Å². The number of carbonyl (C=O) groups excluding carboxylic acids is 2. The molecular weight excluding hydrogens is 342 g/mol. The molecule has 0 aliphatic heterocycles. The van der Waals surface area contributed by atoms with E-state index in [1.165, 1.54) is 18.2 Å². The Hall–Kier alpha value is -1.06. The molecule has 0 unspecified atom stereocenters. The van der Waals surface area contributed by atoms with Crippen molar-refractivity contribution in [1.82, 2.24) is 0 Å². The van der Waals surface area contributed by atoms with Gasteiger partial charge in [-0.1, -0.05) is 76.7 Å². The Morgan fingerprint density at radius 3 is 1.95 bits per heavy atom. The largest absolute Gasteiger partial charge is 0.285 e. The van der Waals surface area contributed by atoms with Gasteiger partial charge in [-0.05, 0) is 6.07 Å². The number of rotatable bonds is 3. The maximum atomic E-state index is 12.2. The van der Waals surface area contributed by atoms with Crippen LogP contribution in [0.15, 0.2) is 36.4 Å². The first kappa shape index (κ1) is 15.3. The topological polar surface area (TPSA) is 34.1 Å². The molecule has 0 saturated carbocycles. The van der Waals surface area contributed by atoms with Gasteiger partial charge >= 0.3 is 0 Å². The number of benzene rings is 2. The number of hydrogen-bond donors (Lipinski definition) is 0. The molecule has 2 aromatic rings. The fourth-order valence-electron chi connectivity index (χ4n) is 1.58. The minimum atomic E-state index is -0.790. The van der Waals surface area contributed by atoms with E-state index in [2.05, 4.69) is 0 Å². The molecule has 2 nitrogen and oxygen atoms in total. The van der Waals surface area contributed by atoms with E-state index in [0.717, 1.165) is 0 Å². The summed E-state index contributed by atoms with van der Waals surface area (Å²) in [6, 6.07) is 9.36. The van der Waals surface area contributed by atoms with E-state index in [1.54, 1.807) is 18.2 Å². The molecule has 0 aliphatic carbocycles. The first-order valence-electron chi connectivity index (χ1n) is 5.40. The molecule has 0 amide bonds. The molecule has 0 atom stereocenters. The molecule has 0 saturated heterocycles. The van der Waals surface area contributed by atoms with Gasteiger partial charge in [0.25, 0.3) is 0 Å². The summed E-state index contributed by atoms with van der Waals surface area (Å²) in [5.41, 5.74) is 0.190. The van der Waals surface area contributed by atoms with Crippen LogP contribution in [-0.2, 0) is 0 Å². The smallest absolute Gasteiger partial charge is 0.235 e. The summed E-state index contributed by atoms with van der Waals surface area (Å²) < 4.78 is 0. The number of hydrogen-bond acceptors (Lipinski definition) is 2. The zero-order valence-electron chi connectivity index (χ0n) is 9.79. The van der Waals surface area contributed by atoms with Crippen molar-refractivity contribution in [3.8, 4) is 0 Å². The van der Waals surface area contributed by atoms with E-state index in [4.69, 9.17) is 46.4 Å². The summed E-state index contributed by atoms with van der Waals surface area (Å²) in [5.74, 6) is -1.48. The van der Waals surface area contributed by atoms with Crippen molar-refractivity contribution >= 4 is 58.0 Å². The van der Waals surface area contributed by atoms with Crippen molar-refractivity contribution in [2.45, 2.75) is 0 Å². The minimum absolute atomic E-state index is 0.0436. The Kier molecular flexibility index (Phi) is 4.71. The van der Waals surface area contributed by atoms with Crippen LogP contribution >= 0.6 is 46.4 Å². The van der Waals surface area contributed by atoms with Crippen molar-refractivity contribution in [2.24, 2.45) is 0 Å². The molecule has 0 heterocycles. The van der Waals surface area contributed by atoms with Crippen LogP contribution in [0.2, 0.25) is 20.1 Å². The van der Waals surface area contributed by atoms with Gasteiger partial charge in [-0.2, -0.15) is 0 Å². The molecule has 2 rings (SSSR count). The lowest BCUT2D eigenvalue weighted by atomic mass is 10.0. The quantitative estimate of drug-likeness (QED) is 0.324. The normalized spacial score (nSPS) is 10.4. The zero-order valence-corrected chi connectivity index (χ0v) is 12.8. The van der Waals surface area contributed by atoms with Gasteiger partial charge in [-0.25, -0.2) is 0 Å². The first-order valence-corrected chi connectivity index (χ1v) is 6.91. The van der Waals surface area contributed by atoms with Crippen LogP contribution in [0.3, 0.4) is 0 Å². The van der Waals surface area contributed by atoms with Gasteiger partial charge in [0.1, 0.15) is 0 Å². The fraction of sp³-hybridized carbons (Fsp3) is 0. The fourth-order valence-corrected chi connectivity index (χ4v) is 2.47. The van der Waals surface area contributed by atoms with Crippen LogP contribution in [0, 0.1) is 0 Å². The Bertz CT molecular complexity index is 696. The highest BCUT2D eigenvalue weighted by Gasteiger charge is 2.24. The highest BCUT2D eigenvalue weighted by molar-refractivity contribution is 6.56. The molecule has 6 heteroatoms. The number of halogens is 4. The lowest BCUT2D eigenvalue weighted by molar-refractivity contribution is 0.0817. The second-order valence-electron chi connectivity index (χ2n) is 3.87. The van der Waals surface area contributed by atoms with E-state index in [9.17, 15) is 9.59 Å². The third-order valence-corrected chi connectivity index (χ3v) is 4.34. The zero-order chi connectivity index (χ0) is 14.9. The molecule has 0 fully saturated rings. The second-order valence-corrected chi connectivity index (χ2v) is 5.41. The van der Waals surface area contributed by atoms with Crippen molar-refractivity contribution in [2.75, 3.05) is 0 Å². The average Bonchev–Trinajstić information content (AvgIpc) is 2.48. The number of ketones is 2. The molecule has 0 spiro atoms. The van der Waals surface area contributed by atoms with Crippen molar-refractivity contribution in [1.29, 1.82) is 0 Å². The summed E-state index contributed by atoms with van der Waals surface area (Å²) in [7, 11) is 0. The van der Waals surface area contributed by atoms with Gasteiger partial charge in [-0.3, -0.25) is 9.59 Å². The first-order chi connectivity index (χ1) is 9.43. The van der Waals surface area contributed by atoms with Crippen LogP contribution < -0.4 is 0 Å². The van der Waals surface area contributed by atoms with Crippen LogP contribution in [-0.4, -0.2) is 11.6 Å². The molecule has 0 aliphatic rings. The highest BCUT2D eigenvalue weighted by atomic mass is 35.5. The third-order valence-electron chi connectivity index (χ3n) is 2.59. The molecular formula is C14H6Cl4O2. The Morgan fingerprint density at radius 1 is 0.750 bits per heavy atom. The van der Waals surface area contributed by atoms with Gasteiger partial charge < -0.3 is 0 Å². The summed E-state index contributed by atoms with van der Waals surface area (Å²) >= 11 is 23.5. The Balaban J connectivity index is 2.48. The summed E-state index contributed by atoms with van der Waals surface area (Å²) in [6.45, 7) is 0. The molecule has 0 radical (unpaired) electrons. The molecule has 0 aromatic heterocycles. The number of Topliss-reactive ketones (excluding diaryl/α,β-unsaturated/α-hetero) is 2. The minimum Gasteiger partial charge on any atom is -0.285 e. The average molecular weight is 348 g/mol. The summed E-state index contributed by atoms with van der Waals surface area (Å²) in [4.78, 5) is 24.3. The predicted octanol–water partition coefficient (Wildman–Crippen LogP) is 5.37. The van der Waals surface area contributed by atoms with Crippen LogP contribution in [0.5, 0.6) is 0 Å². The molecule has 0 N–H and O–H groups in total. The number of carbonyl (C=O) groups is 2. The SMILES string of the molecule is O=C(C(=O)c1cc(Cl)c(Cl)c(Cl)c1Cl)c1ccccc1. The third kappa shape index (κ3) is 2.84. The molecule has 102 valence electrons. The van der Waals surface area contributed by atoms with Crippen molar-refractivity contribution in [3.05, 3.63) is 67.6 Å². The van der Waals surface area contributed by atoms with Crippen LogP contribution in [0.1, 0.15) is 20.7 Å². The lowest BCUT2D eigenvalue weighted by Crippen LogP contribution is -2.15. The van der Waals surface area contributed by atoms with E-state index in [-0.39, 0.29) is 31.2 Å². The van der Waals surface area contributed by atoms with E-state index in [0.29, 0.717) is 0 Å². The molecule has 20 heavy (non-hydrogen) atoms. The lowest BCUT2D eigenvalue weighted by Gasteiger charge is -2.07. The van der Waals surface area contributed by atoms with Crippen LogP contribution in [0.4, 0.5) is 0 Å². The van der Waals surface area contributed by atoms with Gasteiger partial charge in [0, 0.05) is 11.1 Å². The second kappa shape index (κ2) is 6.15. The monoisotopic (exact) mass is 346 g/mol. The predicted molar refractivity (Wildman–Crippen MR) is 81.6 cm³/mol. The molecule has 2 aromatic carbocycles. The van der Waals surface area contributed by atoms with Gasteiger partial charge in [0.15, 0.2) is 0 Å². The highest BCUT2D eigenvalue weighted by Crippen LogP contribution is 2.38. The van der Waals surface area contributed by atoms with E-state index in [1.807, 2.05) is 0 Å².